The van der Waals surface area contributed by atoms with E-state index in [2.05, 4.69) is 5.32 Å². The molecule has 0 aliphatic heterocycles. The van der Waals surface area contributed by atoms with Gasteiger partial charge in [0.15, 0.2) is 0 Å². The number of amides is 2. The van der Waals surface area contributed by atoms with Gasteiger partial charge in [-0.2, -0.15) is 0 Å². The quantitative estimate of drug-likeness (QED) is 0.683. The summed E-state index contributed by atoms with van der Waals surface area (Å²) in [6, 6.07) is 6.56. The molecule has 0 spiro atoms. The number of unbranched alkanes of at least 4 members (excludes halogenated alkanes) is 1. The zero-order valence-electron chi connectivity index (χ0n) is 13.7. The standard InChI is InChI=1S/C17H24N2O4/c1-3-19(4-2)17(23)14-10-8-13(9-11-14)16(22)18-12-6-5-7-15(20)21/h8-11H,3-7,12H2,1-2H3,(H,18,22)(H,20,21). The van der Waals surface area contributed by atoms with E-state index in [-0.39, 0.29) is 18.2 Å². The second-order valence-electron chi connectivity index (χ2n) is 5.16. The molecule has 0 aliphatic carbocycles. The van der Waals surface area contributed by atoms with Gasteiger partial charge in [-0.1, -0.05) is 0 Å². The molecule has 0 aliphatic rings. The van der Waals surface area contributed by atoms with Gasteiger partial charge in [0.25, 0.3) is 11.8 Å². The van der Waals surface area contributed by atoms with Crippen molar-refractivity contribution in [1.29, 1.82) is 0 Å². The SMILES string of the molecule is CCN(CC)C(=O)c1ccc(C(=O)NCCCCC(=O)O)cc1. The second-order valence-corrected chi connectivity index (χ2v) is 5.16. The molecular formula is C17H24N2O4. The summed E-state index contributed by atoms with van der Waals surface area (Å²) < 4.78 is 0. The van der Waals surface area contributed by atoms with Crippen molar-refractivity contribution in [3.63, 3.8) is 0 Å². The molecule has 1 rings (SSSR count). The maximum absolute atomic E-state index is 12.2. The molecule has 1 aromatic rings. The molecule has 0 heterocycles. The lowest BCUT2D eigenvalue weighted by molar-refractivity contribution is -0.137. The summed E-state index contributed by atoms with van der Waals surface area (Å²) in [4.78, 5) is 36.2. The van der Waals surface area contributed by atoms with Gasteiger partial charge in [0.2, 0.25) is 0 Å². The number of carbonyl (C=O) groups is 3. The van der Waals surface area contributed by atoms with Gasteiger partial charge in [0, 0.05) is 37.2 Å². The van der Waals surface area contributed by atoms with Crippen molar-refractivity contribution in [2.75, 3.05) is 19.6 Å². The fourth-order valence-corrected chi connectivity index (χ4v) is 2.16. The Labute approximate surface area is 136 Å². The molecule has 0 unspecified atom stereocenters. The van der Waals surface area contributed by atoms with E-state index in [0.29, 0.717) is 43.6 Å². The summed E-state index contributed by atoms with van der Waals surface area (Å²) >= 11 is 0. The highest BCUT2D eigenvalue weighted by Gasteiger charge is 2.13. The molecule has 0 bridgehead atoms. The number of aliphatic carboxylic acids is 1. The lowest BCUT2D eigenvalue weighted by atomic mass is 10.1. The second kappa shape index (κ2) is 9.61. The van der Waals surface area contributed by atoms with Crippen LogP contribution in [0.5, 0.6) is 0 Å². The van der Waals surface area contributed by atoms with Crippen LogP contribution in [0, 0.1) is 0 Å². The predicted octanol–water partition coefficient (Wildman–Crippen LogP) is 2.15. The molecule has 0 atom stereocenters. The molecule has 0 aromatic heterocycles. The third-order valence-corrected chi connectivity index (χ3v) is 3.55. The van der Waals surface area contributed by atoms with E-state index in [1.807, 2.05) is 13.8 Å². The zero-order valence-corrected chi connectivity index (χ0v) is 13.7. The molecular weight excluding hydrogens is 296 g/mol. The summed E-state index contributed by atoms with van der Waals surface area (Å²) in [5.74, 6) is -1.09. The van der Waals surface area contributed by atoms with E-state index >= 15 is 0 Å². The number of carboxylic acid groups (broad SMARTS) is 1. The summed E-state index contributed by atoms with van der Waals surface area (Å²) in [5, 5.41) is 11.3. The number of benzene rings is 1. The molecule has 23 heavy (non-hydrogen) atoms. The minimum Gasteiger partial charge on any atom is -0.481 e. The Morgan fingerprint density at radius 3 is 2.09 bits per heavy atom. The average molecular weight is 320 g/mol. The topological polar surface area (TPSA) is 86.7 Å². The van der Waals surface area contributed by atoms with Crippen LogP contribution >= 0.6 is 0 Å². The fraction of sp³-hybridized carbons (Fsp3) is 0.471. The molecule has 126 valence electrons. The summed E-state index contributed by atoms with van der Waals surface area (Å²) in [5.41, 5.74) is 1.05. The van der Waals surface area contributed by atoms with Crippen LogP contribution in [0.1, 0.15) is 53.8 Å². The average Bonchev–Trinajstić information content (AvgIpc) is 2.55. The number of carboxylic acids is 1. The van der Waals surface area contributed by atoms with Crippen molar-refractivity contribution in [3.8, 4) is 0 Å². The van der Waals surface area contributed by atoms with Gasteiger partial charge in [0.05, 0.1) is 0 Å². The molecule has 0 radical (unpaired) electrons. The van der Waals surface area contributed by atoms with Gasteiger partial charge >= 0.3 is 5.97 Å². The summed E-state index contributed by atoms with van der Waals surface area (Å²) in [7, 11) is 0. The predicted molar refractivity (Wildman–Crippen MR) is 87.5 cm³/mol. The van der Waals surface area contributed by atoms with Gasteiger partial charge in [-0.3, -0.25) is 14.4 Å². The Morgan fingerprint density at radius 2 is 1.57 bits per heavy atom. The van der Waals surface area contributed by atoms with Crippen LogP contribution in [0.2, 0.25) is 0 Å². The number of nitrogens with zero attached hydrogens (tertiary/aromatic N) is 1. The normalized spacial score (nSPS) is 10.2. The summed E-state index contributed by atoms with van der Waals surface area (Å²) in [6.07, 6.45) is 1.27. The van der Waals surface area contributed by atoms with Gasteiger partial charge in [-0.25, -0.2) is 0 Å². The van der Waals surface area contributed by atoms with Crippen LogP contribution in [-0.4, -0.2) is 47.4 Å². The minimum atomic E-state index is -0.829. The first-order chi connectivity index (χ1) is 11.0. The van der Waals surface area contributed by atoms with Crippen LogP contribution < -0.4 is 5.32 Å². The lowest BCUT2D eigenvalue weighted by Crippen LogP contribution is -2.30. The van der Waals surface area contributed by atoms with E-state index in [4.69, 9.17) is 5.11 Å². The van der Waals surface area contributed by atoms with Gasteiger partial charge in [0.1, 0.15) is 0 Å². The Hall–Kier alpha value is -2.37. The van der Waals surface area contributed by atoms with Crippen LogP contribution in [0.25, 0.3) is 0 Å². The minimum absolute atomic E-state index is 0.0457. The van der Waals surface area contributed by atoms with Crippen LogP contribution in [-0.2, 0) is 4.79 Å². The highest BCUT2D eigenvalue weighted by atomic mass is 16.4. The first kappa shape index (κ1) is 18.7. The fourth-order valence-electron chi connectivity index (χ4n) is 2.16. The van der Waals surface area contributed by atoms with Crippen molar-refractivity contribution in [1.82, 2.24) is 10.2 Å². The third-order valence-electron chi connectivity index (χ3n) is 3.55. The van der Waals surface area contributed by atoms with E-state index in [9.17, 15) is 14.4 Å². The van der Waals surface area contributed by atoms with E-state index in [1.165, 1.54) is 0 Å². The first-order valence-corrected chi connectivity index (χ1v) is 7.88. The van der Waals surface area contributed by atoms with Gasteiger partial charge in [-0.15, -0.1) is 0 Å². The number of hydrogen-bond donors (Lipinski definition) is 2. The number of rotatable bonds is 9. The van der Waals surface area contributed by atoms with Crippen molar-refractivity contribution >= 4 is 17.8 Å². The van der Waals surface area contributed by atoms with E-state index < -0.39 is 5.97 Å². The van der Waals surface area contributed by atoms with Crippen molar-refractivity contribution < 1.29 is 19.5 Å². The monoisotopic (exact) mass is 320 g/mol. The molecule has 2 N–H and O–H groups in total. The molecule has 6 nitrogen and oxygen atoms in total. The third kappa shape index (κ3) is 6.10. The van der Waals surface area contributed by atoms with Crippen molar-refractivity contribution in [2.45, 2.75) is 33.1 Å². The molecule has 0 saturated heterocycles. The lowest BCUT2D eigenvalue weighted by Gasteiger charge is -2.18. The number of carbonyl (C=O) groups excluding carboxylic acids is 2. The molecule has 0 fully saturated rings. The van der Waals surface area contributed by atoms with Gasteiger partial charge in [-0.05, 0) is 51.0 Å². The highest BCUT2D eigenvalue weighted by molar-refractivity contribution is 5.97. The largest absolute Gasteiger partial charge is 0.481 e. The Morgan fingerprint density at radius 1 is 1.00 bits per heavy atom. The van der Waals surface area contributed by atoms with Crippen LogP contribution in [0.3, 0.4) is 0 Å². The Bertz CT molecular complexity index is 536. The Balaban J connectivity index is 2.51. The summed E-state index contributed by atoms with van der Waals surface area (Å²) in [6.45, 7) is 5.58. The Kier molecular flexibility index (Phi) is 7.80. The maximum Gasteiger partial charge on any atom is 0.303 e. The molecule has 1 aromatic carbocycles. The van der Waals surface area contributed by atoms with Gasteiger partial charge < -0.3 is 15.3 Å². The van der Waals surface area contributed by atoms with E-state index in [1.54, 1.807) is 29.2 Å². The number of nitrogens with one attached hydrogen (secondary N) is 1. The highest BCUT2D eigenvalue weighted by Crippen LogP contribution is 2.08. The zero-order chi connectivity index (χ0) is 17.2. The van der Waals surface area contributed by atoms with E-state index in [0.717, 1.165) is 0 Å². The van der Waals surface area contributed by atoms with Crippen molar-refractivity contribution in [3.05, 3.63) is 35.4 Å². The smallest absolute Gasteiger partial charge is 0.303 e. The number of hydrogen-bond acceptors (Lipinski definition) is 3. The van der Waals surface area contributed by atoms with Crippen molar-refractivity contribution in [2.24, 2.45) is 0 Å². The first-order valence-electron chi connectivity index (χ1n) is 7.88. The molecule has 6 heteroatoms. The molecule has 0 saturated carbocycles. The molecule has 2 amide bonds. The maximum atomic E-state index is 12.2. The van der Waals surface area contributed by atoms with Crippen LogP contribution in [0.15, 0.2) is 24.3 Å². The van der Waals surface area contributed by atoms with Crippen LogP contribution in [0.4, 0.5) is 0 Å².